The first-order valence-electron chi connectivity index (χ1n) is 6.37. The van der Waals surface area contributed by atoms with Gasteiger partial charge in [-0.3, -0.25) is 9.59 Å². The van der Waals surface area contributed by atoms with E-state index in [1.807, 2.05) is 0 Å². The molecule has 1 aromatic rings. The van der Waals surface area contributed by atoms with Crippen molar-refractivity contribution in [1.29, 1.82) is 0 Å². The summed E-state index contributed by atoms with van der Waals surface area (Å²) in [5.74, 6) is -0.502. The molecule has 1 saturated carbocycles. The van der Waals surface area contributed by atoms with Crippen LogP contribution < -0.4 is 10.6 Å². The van der Waals surface area contributed by atoms with Gasteiger partial charge in [-0.15, -0.1) is 0 Å². The maximum atomic E-state index is 11.9. The van der Waals surface area contributed by atoms with E-state index in [1.165, 1.54) is 0 Å². The molecule has 0 saturated heterocycles. The third-order valence-corrected chi connectivity index (χ3v) is 3.48. The third kappa shape index (κ3) is 3.12. The molecule has 19 heavy (non-hydrogen) atoms. The van der Waals surface area contributed by atoms with E-state index in [0.29, 0.717) is 11.1 Å². The van der Waals surface area contributed by atoms with Crippen molar-refractivity contribution in [3.05, 3.63) is 35.4 Å². The van der Waals surface area contributed by atoms with Gasteiger partial charge in [-0.05, 0) is 37.5 Å². The Hall–Kier alpha value is -1.88. The molecule has 5 heteroatoms. The first-order valence-corrected chi connectivity index (χ1v) is 6.37. The standard InChI is InChI=1S/C14H18N2O3/c1-15-12(17)10-4-2-5-11(8-10)13(18)16-9-14(19)6-3-7-14/h2,4-5,8,19H,3,6-7,9H2,1H3,(H,15,17)(H,16,18). The van der Waals surface area contributed by atoms with Gasteiger partial charge >= 0.3 is 0 Å². The van der Waals surface area contributed by atoms with E-state index in [1.54, 1.807) is 31.3 Å². The summed E-state index contributed by atoms with van der Waals surface area (Å²) in [6.45, 7) is 0.260. The predicted molar refractivity (Wildman–Crippen MR) is 71.0 cm³/mol. The molecule has 3 N–H and O–H groups in total. The molecule has 5 nitrogen and oxygen atoms in total. The summed E-state index contributed by atoms with van der Waals surface area (Å²) in [6.07, 6.45) is 2.45. The lowest BCUT2D eigenvalue weighted by Crippen LogP contribution is -2.47. The van der Waals surface area contributed by atoms with Gasteiger partial charge < -0.3 is 15.7 Å². The summed E-state index contributed by atoms with van der Waals surface area (Å²) in [4.78, 5) is 23.4. The van der Waals surface area contributed by atoms with Gasteiger partial charge in [0.05, 0.1) is 5.60 Å². The van der Waals surface area contributed by atoms with Crippen LogP contribution in [0.4, 0.5) is 0 Å². The van der Waals surface area contributed by atoms with Crippen LogP contribution in [0.5, 0.6) is 0 Å². The van der Waals surface area contributed by atoms with Crippen molar-refractivity contribution >= 4 is 11.8 Å². The summed E-state index contributed by atoms with van der Waals surface area (Å²) in [6, 6.07) is 6.50. The molecule has 0 heterocycles. The van der Waals surface area contributed by atoms with Crippen molar-refractivity contribution < 1.29 is 14.7 Å². The molecule has 2 amide bonds. The highest BCUT2D eigenvalue weighted by atomic mass is 16.3. The van der Waals surface area contributed by atoms with Crippen molar-refractivity contribution in [2.45, 2.75) is 24.9 Å². The highest BCUT2D eigenvalue weighted by Crippen LogP contribution is 2.30. The normalized spacial score (nSPS) is 16.3. The van der Waals surface area contributed by atoms with Crippen LogP contribution in [-0.2, 0) is 0 Å². The topological polar surface area (TPSA) is 78.4 Å². The zero-order valence-corrected chi connectivity index (χ0v) is 10.9. The third-order valence-electron chi connectivity index (χ3n) is 3.48. The summed E-state index contributed by atoms with van der Waals surface area (Å²) < 4.78 is 0. The number of carbonyl (C=O) groups excluding carboxylic acids is 2. The first-order chi connectivity index (χ1) is 9.04. The van der Waals surface area contributed by atoms with Gasteiger partial charge in [0.15, 0.2) is 0 Å². The molecule has 1 fully saturated rings. The van der Waals surface area contributed by atoms with Crippen LogP contribution in [0.2, 0.25) is 0 Å². The Kier molecular flexibility index (Phi) is 3.85. The van der Waals surface area contributed by atoms with Crippen LogP contribution in [0, 0.1) is 0 Å². The second-order valence-electron chi connectivity index (χ2n) is 4.92. The number of hydrogen-bond acceptors (Lipinski definition) is 3. The zero-order chi connectivity index (χ0) is 13.9. The quantitative estimate of drug-likeness (QED) is 0.747. The molecular formula is C14H18N2O3. The summed E-state index contributed by atoms with van der Waals surface area (Å²) in [5.41, 5.74) is 0.121. The summed E-state index contributed by atoms with van der Waals surface area (Å²) in [7, 11) is 1.54. The minimum absolute atomic E-state index is 0.229. The second kappa shape index (κ2) is 5.40. The van der Waals surface area contributed by atoms with E-state index in [-0.39, 0.29) is 18.4 Å². The van der Waals surface area contributed by atoms with E-state index in [2.05, 4.69) is 10.6 Å². The van der Waals surface area contributed by atoms with Crippen LogP contribution in [0.25, 0.3) is 0 Å². The molecule has 0 atom stereocenters. The predicted octanol–water partition coefficient (Wildman–Crippen LogP) is 0.691. The monoisotopic (exact) mass is 262 g/mol. The van der Waals surface area contributed by atoms with E-state index in [0.717, 1.165) is 19.3 Å². The van der Waals surface area contributed by atoms with Crippen molar-refractivity contribution in [1.82, 2.24) is 10.6 Å². The molecule has 0 aliphatic heterocycles. The number of hydrogen-bond donors (Lipinski definition) is 3. The lowest BCUT2D eigenvalue weighted by molar-refractivity contribution is -0.0300. The average Bonchev–Trinajstić information content (AvgIpc) is 2.41. The number of rotatable bonds is 4. The molecule has 1 aliphatic carbocycles. The molecule has 0 spiro atoms. The van der Waals surface area contributed by atoms with Crippen LogP contribution >= 0.6 is 0 Å². The lowest BCUT2D eigenvalue weighted by atomic mass is 9.80. The van der Waals surface area contributed by atoms with E-state index >= 15 is 0 Å². The zero-order valence-electron chi connectivity index (χ0n) is 10.9. The van der Waals surface area contributed by atoms with E-state index < -0.39 is 5.60 Å². The number of benzene rings is 1. The minimum Gasteiger partial charge on any atom is -0.388 e. The molecule has 0 unspecified atom stereocenters. The number of aliphatic hydroxyl groups is 1. The highest BCUT2D eigenvalue weighted by Gasteiger charge is 2.34. The molecule has 1 aromatic carbocycles. The van der Waals surface area contributed by atoms with Crippen molar-refractivity contribution in [3.63, 3.8) is 0 Å². The van der Waals surface area contributed by atoms with Gasteiger partial charge in [-0.1, -0.05) is 6.07 Å². The van der Waals surface area contributed by atoms with Gasteiger partial charge in [0.2, 0.25) is 0 Å². The van der Waals surface area contributed by atoms with Gasteiger partial charge in [0, 0.05) is 24.7 Å². The molecule has 102 valence electrons. The minimum atomic E-state index is -0.742. The van der Waals surface area contributed by atoms with Crippen molar-refractivity contribution in [2.75, 3.05) is 13.6 Å². The first kappa shape index (κ1) is 13.5. The largest absolute Gasteiger partial charge is 0.388 e. The molecule has 0 aromatic heterocycles. The maximum Gasteiger partial charge on any atom is 0.251 e. The highest BCUT2D eigenvalue weighted by molar-refractivity contribution is 5.99. The Morgan fingerprint density at radius 2 is 1.89 bits per heavy atom. The Morgan fingerprint density at radius 3 is 2.42 bits per heavy atom. The fraction of sp³-hybridized carbons (Fsp3) is 0.429. The number of carbonyl (C=O) groups is 2. The molecule has 1 aliphatic rings. The second-order valence-corrected chi connectivity index (χ2v) is 4.92. The Morgan fingerprint density at radius 1 is 1.26 bits per heavy atom. The SMILES string of the molecule is CNC(=O)c1cccc(C(=O)NCC2(O)CCC2)c1. The Labute approximate surface area is 112 Å². The summed E-state index contributed by atoms with van der Waals surface area (Å²) in [5, 5.41) is 15.1. The summed E-state index contributed by atoms with van der Waals surface area (Å²) >= 11 is 0. The van der Waals surface area contributed by atoms with Crippen LogP contribution in [-0.4, -0.2) is 36.1 Å². The smallest absolute Gasteiger partial charge is 0.251 e. The fourth-order valence-electron chi connectivity index (χ4n) is 2.05. The van der Waals surface area contributed by atoms with Crippen LogP contribution in [0.15, 0.2) is 24.3 Å². The van der Waals surface area contributed by atoms with Gasteiger partial charge in [0.25, 0.3) is 11.8 Å². The van der Waals surface area contributed by atoms with Gasteiger partial charge in [-0.25, -0.2) is 0 Å². The van der Waals surface area contributed by atoms with Crippen molar-refractivity contribution in [3.8, 4) is 0 Å². The average molecular weight is 262 g/mol. The van der Waals surface area contributed by atoms with Gasteiger partial charge in [0.1, 0.15) is 0 Å². The Bertz CT molecular complexity index is 495. The van der Waals surface area contributed by atoms with Gasteiger partial charge in [-0.2, -0.15) is 0 Å². The Balaban J connectivity index is 2.00. The molecule has 2 rings (SSSR count). The number of amides is 2. The maximum absolute atomic E-state index is 11.9. The van der Waals surface area contributed by atoms with Crippen LogP contribution in [0.1, 0.15) is 40.0 Å². The molecule has 0 radical (unpaired) electrons. The lowest BCUT2D eigenvalue weighted by Gasteiger charge is -2.36. The van der Waals surface area contributed by atoms with E-state index in [9.17, 15) is 14.7 Å². The van der Waals surface area contributed by atoms with E-state index in [4.69, 9.17) is 0 Å². The molecule has 0 bridgehead atoms. The fourth-order valence-corrected chi connectivity index (χ4v) is 2.05. The van der Waals surface area contributed by atoms with Crippen LogP contribution in [0.3, 0.4) is 0 Å². The number of nitrogens with one attached hydrogen (secondary N) is 2. The van der Waals surface area contributed by atoms with Crippen molar-refractivity contribution in [2.24, 2.45) is 0 Å². The molecular weight excluding hydrogens is 244 g/mol.